The molecule has 0 heterocycles. The Bertz CT molecular complexity index is 107. The molecule has 0 aromatic heterocycles. The monoisotopic (exact) mass is 218 g/mol. The number of hydrogen-bond acceptors (Lipinski definition) is 0. The number of allylic oxidation sites excluding steroid dienone is 1. The minimum Gasteiger partial charge on any atom is -0.103 e. The summed E-state index contributed by atoms with van der Waals surface area (Å²) < 4.78 is 0. The van der Waals surface area contributed by atoms with Crippen LogP contribution in [0.1, 0.15) is 27.2 Å². The quantitative estimate of drug-likeness (QED) is 0.486. The zero-order valence-corrected chi connectivity index (χ0v) is 9.39. The van der Waals surface area contributed by atoms with Crippen LogP contribution in [-0.2, 0) is 0 Å². The molecule has 0 amide bonds. The molecular weight excluding hydrogens is 200 g/mol. The molecule has 2 unspecified atom stereocenters. The van der Waals surface area contributed by atoms with Crippen molar-refractivity contribution in [1.82, 2.24) is 0 Å². The molecule has 2 atom stereocenters. The van der Waals surface area contributed by atoms with Gasteiger partial charge in [0, 0.05) is 5.33 Å². The molecule has 0 radical (unpaired) electrons. The van der Waals surface area contributed by atoms with E-state index >= 15 is 0 Å². The third-order valence-corrected chi connectivity index (χ3v) is 3.29. The number of rotatable bonds is 5. The van der Waals surface area contributed by atoms with E-state index in [4.69, 9.17) is 0 Å². The number of hydrogen-bond donors (Lipinski definition) is 0. The molecule has 0 saturated heterocycles. The second-order valence-electron chi connectivity index (χ2n) is 3.54. The van der Waals surface area contributed by atoms with Crippen LogP contribution in [0.2, 0.25) is 0 Å². The van der Waals surface area contributed by atoms with E-state index in [-0.39, 0.29) is 0 Å². The van der Waals surface area contributed by atoms with Crippen molar-refractivity contribution in [2.24, 2.45) is 17.8 Å². The minimum atomic E-state index is 0.757. The van der Waals surface area contributed by atoms with Gasteiger partial charge >= 0.3 is 0 Å². The molecule has 0 saturated carbocycles. The van der Waals surface area contributed by atoms with Crippen molar-refractivity contribution in [3.05, 3.63) is 12.7 Å². The predicted octanol–water partition coefficient (Wildman–Crippen LogP) is 3.87. The van der Waals surface area contributed by atoms with E-state index in [1.807, 2.05) is 6.08 Å². The largest absolute Gasteiger partial charge is 0.103 e. The molecule has 0 rings (SSSR count). The molecule has 0 aromatic rings. The van der Waals surface area contributed by atoms with Crippen LogP contribution in [-0.4, -0.2) is 5.33 Å². The van der Waals surface area contributed by atoms with Crippen LogP contribution in [0.5, 0.6) is 0 Å². The SMILES string of the molecule is C=CCC(CBr)C(C)C(C)C. The Morgan fingerprint density at radius 1 is 1.36 bits per heavy atom. The first kappa shape index (κ1) is 11.2. The lowest BCUT2D eigenvalue weighted by molar-refractivity contribution is 0.304. The zero-order chi connectivity index (χ0) is 8.85. The number of alkyl halides is 1. The van der Waals surface area contributed by atoms with Gasteiger partial charge in [-0.15, -0.1) is 6.58 Å². The Morgan fingerprint density at radius 2 is 1.91 bits per heavy atom. The van der Waals surface area contributed by atoms with Gasteiger partial charge in [0.25, 0.3) is 0 Å². The molecule has 11 heavy (non-hydrogen) atoms. The smallest absolute Gasteiger partial charge is 0.00652 e. The Kier molecular flexibility index (Phi) is 5.93. The standard InChI is InChI=1S/C10H19Br/c1-5-6-10(7-11)9(4)8(2)3/h5,8-10H,1,6-7H2,2-4H3. The van der Waals surface area contributed by atoms with Gasteiger partial charge in [0.2, 0.25) is 0 Å². The summed E-state index contributed by atoms with van der Waals surface area (Å²) in [6.45, 7) is 10.7. The highest BCUT2D eigenvalue weighted by molar-refractivity contribution is 9.09. The molecule has 0 nitrogen and oxygen atoms in total. The van der Waals surface area contributed by atoms with Crippen LogP contribution in [0.4, 0.5) is 0 Å². The normalized spacial score (nSPS) is 16.5. The van der Waals surface area contributed by atoms with E-state index in [2.05, 4.69) is 43.3 Å². The summed E-state index contributed by atoms with van der Waals surface area (Å²) in [6, 6.07) is 0. The van der Waals surface area contributed by atoms with Crippen molar-refractivity contribution < 1.29 is 0 Å². The first-order valence-electron chi connectivity index (χ1n) is 4.30. The van der Waals surface area contributed by atoms with Gasteiger partial charge in [0.15, 0.2) is 0 Å². The van der Waals surface area contributed by atoms with Crippen LogP contribution in [0, 0.1) is 17.8 Å². The van der Waals surface area contributed by atoms with Gasteiger partial charge in [-0.2, -0.15) is 0 Å². The maximum absolute atomic E-state index is 3.77. The molecule has 0 aliphatic rings. The van der Waals surface area contributed by atoms with Crippen molar-refractivity contribution in [3.63, 3.8) is 0 Å². The Labute approximate surface area is 79.2 Å². The fourth-order valence-electron chi connectivity index (χ4n) is 1.18. The zero-order valence-electron chi connectivity index (χ0n) is 7.81. The van der Waals surface area contributed by atoms with E-state index in [0.717, 1.165) is 29.5 Å². The van der Waals surface area contributed by atoms with Gasteiger partial charge < -0.3 is 0 Å². The van der Waals surface area contributed by atoms with Gasteiger partial charge in [0.05, 0.1) is 0 Å². The Morgan fingerprint density at radius 3 is 2.18 bits per heavy atom. The minimum absolute atomic E-state index is 0.757. The van der Waals surface area contributed by atoms with Crippen molar-refractivity contribution >= 4 is 15.9 Å². The van der Waals surface area contributed by atoms with E-state index in [1.165, 1.54) is 0 Å². The Balaban J connectivity index is 3.90. The maximum Gasteiger partial charge on any atom is 0.00652 e. The van der Waals surface area contributed by atoms with E-state index in [9.17, 15) is 0 Å². The molecule has 0 fully saturated rings. The van der Waals surface area contributed by atoms with Gasteiger partial charge in [-0.1, -0.05) is 42.8 Å². The highest BCUT2D eigenvalue weighted by Gasteiger charge is 2.17. The summed E-state index contributed by atoms with van der Waals surface area (Å²) in [5.41, 5.74) is 0. The molecular formula is C10H19Br. The lowest BCUT2D eigenvalue weighted by Gasteiger charge is -2.23. The van der Waals surface area contributed by atoms with Crippen LogP contribution >= 0.6 is 15.9 Å². The summed E-state index contributed by atoms with van der Waals surface area (Å²) in [7, 11) is 0. The first-order chi connectivity index (χ1) is 5.13. The van der Waals surface area contributed by atoms with Crippen molar-refractivity contribution in [3.8, 4) is 0 Å². The second-order valence-corrected chi connectivity index (χ2v) is 4.19. The maximum atomic E-state index is 3.77. The Hall–Kier alpha value is 0.220. The summed E-state index contributed by atoms with van der Waals surface area (Å²) in [5, 5.41) is 1.10. The molecule has 0 aromatic carbocycles. The van der Waals surface area contributed by atoms with E-state index < -0.39 is 0 Å². The van der Waals surface area contributed by atoms with Crippen molar-refractivity contribution in [1.29, 1.82) is 0 Å². The van der Waals surface area contributed by atoms with Crippen LogP contribution in [0.3, 0.4) is 0 Å². The second kappa shape index (κ2) is 5.82. The summed E-state index contributed by atoms with van der Waals surface area (Å²) in [6.07, 6.45) is 3.15. The van der Waals surface area contributed by atoms with Crippen LogP contribution < -0.4 is 0 Å². The first-order valence-corrected chi connectivity index (χ1v) is 5.42. The highest BCUT2D eigenvalue weighted by atomic mass is 79.9. The molecule has 66 valence electrons. The third-order valence-electron chi connectivity index (χ3n) is 2.46. The van der Waals surface area contributed by atoms with Gasteiger partial charge in [-0.3, -0.25) is 0 Å². The van der Waals surface area contributed by atoms with Gasteiger partial charge in [-0.05, 0) is 24.2 Å². The lowest BCUT2D eigenvalue weighted by atomic mass is 9.84. The molecule has 0 bridgehead atoms. The fraction of sp³-hybridized carbons (Fsp3) is 0.800. The van der Waals surface area contributed by atoms with Gasteiger partial charge in [-0.25, -0.2) is 0 Å². The van der Waals surface area contributed by atoms with Crippen LogP contribution in [0.15, 0.2) is 12.7 Å². The summed E-state index contributed by atoms with van der Waals surface area (Å²) in [4.78, 5) is 0. The molecule has 0 aliphatic carbocycles. The number of halogens is 1. The van der Waals surface area contributed by atoms with E-state index in [0.29, 0.717) is 0 Å². The molecule has 0 N–H and O–H groups in total. The van der Waals surface area contributed by atoms with E-state index in [1.54, 1.807) is 0 Å². The molecule has 0 spiro atoms. The average Bonchev–Trinajstić information content (AvgIpc) is 1.98. The fourth-order valence-corrected chi connectivity index (χ4v) is 2.03. The van der Waals surface area contributed by atoms with Crippen LogP contribution in [0.25, 0.3) is 0 Å². The summed E-state index contributed by atoms with van der Waals surface area (Å²) in [5.74, 6) is 2.32. The topological polar surface area (TPSA) is 0 Å². The lowest BCUT2D eigenvalue weighted by Crippen LogP contribution is -2.17. The van der Waals surface area contributed by atoms with Crippen molar-refractivity contribution in [2.75, 3.05) is 5.33 Å². The van der Waals surface area contributed by atoms with Crippen molar-refractivity contribution in [2.45, 2.75) is 27.2 Å². The highest BCUT2D eigenvalue weighted by Crippen LogP contribution is 2.25. The average molecular weight is 219 g/mol. The third kappa shape index (κ3) is 3.95. The molecule has 0 aliphatic heterocycles. The van der Waals surface area contributed by atoms with Gasteiger partial charge in [0.1, 0.15) is 0 Å². The predicted molar refractivity (Wildman–Crippen MR) is 56.1 cm³/mol. The molecule has 1 heteroatoms. The summed E-state index contributed by atoms with van der Waals surface area (Å²) >= 11 is 3.54.